The van der Waals surface area contributed by atoms with E-state index in [2.05, 4.69) is 5.32 Å². The van der Waals surface area contributed by atoms with Crippen molar-refractivity contribution in [2.24, 2.45) is 0 Å². The molecule has 1 aliphatic heterocycles. The number of rotatable bonds is 2. The number of hydrogen-bond donors (Lipinski definition) is 1. The summed E-state index contributed by atoms with van der Waals surface area (Å²) < 4.78 is 6.87. The highest BCUT2D eigenvalue weighted by Crippen LogP contribution is 2.35. The first-order chi connectivity index (χ1) is 11.7. The maximum Gasteiger partial charge on any atom is 0.341 e. The van der Waals surface area contributed by atoms with Crippen LogP contribution in [-0.4, -0.2) is 22.9 Å². The number of methoxy groups -OCH3 is 1. The third-order valence-corrected chi connectivity index (χ3v) is 4.32. The fraction of sp³-hybridized carbons (Fsp3) is 0.158. The number of aromatic nitrogens is 2. The summed E-state index contributed by atoms with van der Waals surface area (Å²) in [5.41, 5.74) is 4.04. The second kappa shape index (κ2) is 5.53. The van der Waals surface area contributed by atoms with E-state index in [-0.39, 0.29) is 12.1 Å². The maximum absolute atomic E-state index is 12.4. The van der Waals surface area contributed by atoms with Gasteiger partial charge in [0.2, 0.25) is 0 Å². The molecule has 24 heavy (non-hydrogen) atoms. The zero-order valence-corrected chi connectivity index (χ0v) is 13.5. The van der Waals surface area contributed by atoms with Crippen molar-refractivity contribution in [2.45, 2.75) is 13.1 Å². The minimum atomic E-state index is -0.363. The van der Waals surface area contributed by atoms with Gasteiger partial charge in [0.15, 0.2) is 0 Å². The second-order valence-electron chi connectivity index (χ2n) is 5.76. The molecule has 1 N–H and O–H groups in total. The molecule has 120 valence electrons. The van der Waals surface area contributed by atoms with Crippen molar-refractivity contribution in [3.8, 4) is 0 Å². The van der Waals surface area contributed by atoms with E-state index < -0.39 is 0 Å². The highest BCUT2D eigenvalue weighted by molar-refractivity contribution is 6.20. The molecule has 0 spiro atoms. The predicted molar refractivity (Wildman–Crippen MR) is 92.1 cm³/mol. The standard InChI is InChI=1S/C19H17N3O2/c1-12-16(19(23)24-2)17-14-10-6-7-11-15(14)21-22(17)18(20-12)13-8-4-3-5-9-13/h3-11,18,20H,1-2H3. The highest BCUT2D eigenvalue weighted by Gasteiger charge is 2.32. The average Bonchev–Trinajstić information content (AvgIpc) is 3.00. The van der Waals surface area contributed by atoms with Gasteiger partial charge in [-0.25, -0.2) is 9.48 Å². The molecule has 0 saturated heterocycles. The van der Waals surface area contributed by atoms with Gasteiger partial charge in [-0.3, -0.25) is 0 Å². The fourth-order valence-corrected chi connectivity index (χ4v) is 3.21. The number of esters is 1. The molecule has 2 heterocycles. The summed E-state index contributed by atoms with van der Waals surface area (Å²) >= 11 is 0. The van der Waals surface area contributed by atoms with Gasteiger partial charge in [-0.2, -0.15) is 5.10 Å². The van der Waals surface area contributed by atoms with Crippen LogP contribution in [0.2, 0.25) is 0 Å². The van der Waals surface area contributed by atoms with E-state index in [0.29, 0.717) is 5.57 Å². The number of carbonyl (C=O) groups excluding carboxylic acids is 1. The number of nitrogens with one attached hydrogen (secondary N) is 1. The van der Waals surface area contributed by atoms with Gasteiger partial charge in [0, 0.05) is 11.1 Å². The molecule has 1 aliphatic rings. The summed E-state index contributed by atoms with van der Waals surface area (Å²) in [6.07, 6.45) is -0.165. The Morgan fingerprint density at radius 1 is 1.12 bits per heavy atom. The molecule has 5 heteroatoms. The van der Waals surface area contributed by atoms with Gasteiger partial charge in [-0.1, -0.05) is 48.5 Å². The van der Waals surface area contributed by atoms with Crippen molar-refractivity contribution in [3.05, 3.63) is 71.6 Å². The Bertz CT molecular complexity index is 957. The molecule has 2 aromatic carbocycles. The fourth-order valence-electron chi connectivity index (χ4n) is 3.21. The monoisotopic (exact) mass is 319 g/mol. The van der Waals surface area contributed by atoms with Crippen LogP contribution in [0.25, 0.3) is 16.5 Å². The highest BCUT2D eigenvalue weighted by atomic mass is 16.5. The summed E-state index contributed by atoms with van der Waals surface area (Å²) in [5, 5.41) is 9.06. The average molecular weight is 319 g/mol. The Balaban J connectivity index is 2.01. The quantitative estimate of drug-likeness (QED) is 0.738. The first-order valence-electron chi connectivity index (χ1n) is 7.79. The minimum absolute atomic E-state index is 0.165. The SMILES string of the molecule is COC(=O)C1=C(C)NC(c2ccccc2)n2nc3ccccc3c21. The van der Waals surface area contributed by atoms with Gasteiger partial charge in [0.25, 0.3) is 0 Å². The van der Waals surface area contributed by atoms with Gasteiger partial charge in [0.1, 0.15) is 11.7 Å². The van der Waals surface area contributed by atoms with Crippen LogP contribution in [0.15, 0.2) is 60.3 Å². The van der Waals surface area contributed by atoms with Gasteiger partial charge in [0.05, 0.1) is 18.3 Å². The second-order valence-corrected chi connectivity index (χ2v) is 5.76. The van der Waals surface area contributed by atoms with E-state index in [4.69, 9.17) is 9.84 Å². The van der Waals surface area contributed by atoms with Crippen LogP contribution in [0.4, 0.5) is 0 Å². The lowest BCUT2D eigenvalue weighted by Crippen LogP contribution is -2.34. The topological polar surface area (TPSA) is 56.1 Å². The molecule has 1 unspecified atom stereocenters. The van der Waals surface area contributed by atoms with Gasteiger partial charge in [-0.15, -0.1) is 0 Å². The van der Waals surface area contributed by atoms with Gasteiger partial charge < -0.3 is 10.1 Å². The molecule has 4 rings (SSSR count). The third-order valence-electron chi connectivity index (χ3n) is 4.32. The largest absolute Gasteiger partial charge is 0.465 e. The number of carbonyl (C=O) groups is 1. The normalized spacial score (nSPS) is 16.7. The number of nitrogens with zero attached hydrogens (tertiary/aromatic N) is 2. The lowest BCUT2D eigenvalue weighted by Gasteiger charge is -2.29. The zero-order chi connectivity index (χ0) is 16.7. The Morgan fingerprint density at radius 2 is 1.83 bits per heavy atom. The molecule has 1 atom stereocenters. The molecule has 1 aromatic heterocycles. The molecular weight excluding hydrogens is 302 g/mol. The van der Waals surface area contributed by atoms with Crippen LogP contribution < -0.4 is 5.32 Å². The van der Waals surface area contributed by atoms with Crippen molar-refractivity contribution in [2.75, 3.05) is 7.11 Å². The van der Waals surface area contributed by atoms with E-state index in [0.717, 1.165) is 27.9 Å². The molecule has 0 bridgehead atoms. The van der Waals surface area contributed by atoms with Crippen molar-refractivity contribution >= 4 is 22.4 Å². The van der Waals surface area contributed by atoms with Crippen LogP contribution in [0, 0.1) is 0 Å². The maximum atomic E-state index is 12.4. The van der Waals surface area contributed by atoms with E-state index in [1.165, 1.54) is 7.11 Å². The van der Waals surface area contributed by atoms with Gasteiger partial charge in [-0.05, 0) is 18.6 Å². The Labute approximate surface area is 139 Å². The number of allylic oxidation sites excluding steroid dienone is 1. The van der Waals surface area contributed by atoms with E-state index in [1.807, 2.05) is 66.2 Å². The Morgan fingerprint density at radius 3 is 2.58 bits per heavy atom. The van der Waals surface area contributed by atoms with Crippen LogP contribution in [0.1, 0.15) is 24.3 Å². The number of fused-ring (bicyclic) bond motifs is 3. The summed E-state index contributed by atoms with van der Waals surface area (Å²) in [4.78, 5) is 12.4. The zero-order valence-electron chi connectivity index (χ0n) is 13.5. The van der Waals surface area contributed by atoms with E-state index >= 15 is 0 Å². The minimum Gasteiger partial charge on any atom is -0.465 e. The predicted octanol–water partition coefficient (Wildman–Crippen LogP) is 3.09. The molecule has 0 aliphatic carbocycles. The number of ether oxygens (including phenoxy) is 1. The lowest BCUT2D eigenvalue weighted by atomic mass is 10.0. The molecule has 0 saturated carbocycles. The van der Waals surface area contributed by atoms with Gasteiger partial charge >= 0.3 is 5.97 Å². The first kappa shape index (κ1) is 14.5. The smallest absolute Gasteiger partial charge is 0.341 e. The first-order valence-corrected chi connectivity index (χ1v) is 7.79. The van der Waals surface area contributed by atoms with Crippen LogP contribution >= 0.6 is 0 Å². The summed E-state index contributed by atoms with van der Waals surface area (Å²) in [6, 6.07) is 17.9. The molecule has 5 nitrogen and oxygen atoms in total. The van der Waals surface area contributed by atoms with Crippen LogP contribution in [0.3, 0.4) is 0 Å². The van der Waals surface area contributed by atoms with E-state index in [1.54, 1.807) is 0 Å². The number of hydrogen-bond acceptors (Lipinski definition) is 4. The van der Waals surface area contributed by atoms with Crippen molar-refractivity contribution in [3.63, 3.8) is 0 Å². The third kappa shape index (κ3) is 2.09. The molecule has 0 radical (unpaired) electrons. The molecule has 0 fully saturated rings. The Kier molecular flexibility index (Phi) is 3.34. The van der Waals surface area contributed by atoms with Crippen molar-refractivity contribution in [1.82, 2.24) is 15.1 Å². The summed E-state index contributed by atoms with van der Waals surface area (Å²) in [6.45, 7) is 1.90. The van der Waals surface area contributed by atoms with E-state index in [9.17, 15) is 4.79 Å². The lowest BCUT2D eigenvalue weighted by molar-refractivity contribution is -0.133. The van der Waals surface area contributed by atoms with Crippen molar-refractivity contribution in [1.29, 1.82) is 0 Å². The molecule has 0 amide bonds. The molecule has 3 aromatic rings. The number of benzene rings is 2. The summed E-state index contributed by atoms with van der Waals surface area (Å²) in [5.74, 6) is -0.363. The van der Waals surface area contributed by atoms with Crippen LogP contribution in [0.5, 0.6) is 0 Å². The summed E-state index contributed by atoms with van der Waals surface area (Å²) in [7, 11) is 1.40. The van der Waals surface area contributed by atoms with Crippen LogP contribution in [-0.2, 0) is 9.53 Å². The molecular formula is C19H17N3O2. The van der Waals surface area contributed by atoms with Crippen molar-refractivity contribution < 1.29 is 9.53 Å². The Hall–Kier alpha value is -3.08.